The highest BCUT2D eigenvalue weighted by Crippen LogP contribution is 2.29. The van der Waals surface area contributed by atoms with Gasteiger partial charge in [0.2, 0.25) is 5.76 Å². The minimum absolute atomic E-state index is 0.0707. The molecule has 0 atom stereocenters. The van der Waals surface area contributed by atoms with E-state index in [9.17, 15) is 14.7 Å². The number of aromatic carboxylic acids is 1. The van der Waals surface area contributed by atoms with E-state index >= 15 is 0 Å². The summed E-state index contributed by atoms with van der Waals surface area (Å²) in [5, 5.41) is 13.9. The van der Waals surface area contributed by atoms with Crippen LogP contribution < -0.4 is 5.43 Å². The van der Waals surface area contributed by atoms with Crippen molar-refractivity contribution in [1.82, 2.24) is 5.43 Å². The van der Waals surface area contributed by atoms with Gasteiger partial charge in [-0.3, -0.25) is 4.79 Å². The highest BCUT2D eigenvalue weighted by atomic mass is 35.5. The van der Waals surface area contributed by atoms with Crippen LogP contribution in [0.2, 0.25) is 5.02 Å². The van der Waals surface area contributed by atoms with Gasteiger partial charge in [-0.15, -0.1) is 0 Å². The third-order valence-corrected chi connectivity index (χ3v) is 4.17. The van der Waals surface area contributed by atoms with Gasteiger partial charge in [-0.05, 0) is 44.0 Å². The van der Waals surface area contributed by atoms with E-state index in [1.807, 2.05) is 0 Å². The summed E-state index contributed by atoms with van der Waals surface area (Å²) in [6, 6.07) is 6.47. The Labute approximate surface area is 143 Å². The summed E-state index contributed by atoms with van der Waals surface area (Å²) in [7, 11) is 0. The number of hydrogen-bond donors (Lipinski definition) is 2. The maximum absolute atomic E-state index is 12.1. The number of carbonyl (C=O) groups excluding carboxylic acids is 1. The second-order valence-corrected chi connectivity index (χ2v) is 5.96. The van der Waals surface area contributed by atoms with Crippen LogP contribution in [0.3, 0.4) is 0 Å². The monoisotopic (exact) mass is 346 g/mol. The van der Waals surface area contributed by atoms with Crippen molar-refractivity contribution in [3.8, 4) is 0 Å². The molecule has 0 bridgehead atoms. The van der Waals surface area contributed by atoms with E-state index in [0.717, 1.165) is 6.42 Å². The number of carbonyl (C=O) groups is 2. The number of carboxylic acid groups (broad SMARTS) is 1. The Morgan fingerprint density at radius 3 is 2.62 bits per heavy atom. The van der Waals surface area contributed by atoms with Gasteiger partial charge in [-0.2, -0.15) is 5.10 Å². The van der Waals surface area contributed by atoms with Crippen LogP contribution in [-0.4, -0.2) is 22.7 Å². The molecular weight excluding hydrogens is 332 g/mol. The average Bonchev–Trinajstić information content (AvgIpc) is 2.91. The first-order chi connectivity index (χ1) is 11.5. The first kappa shape index (κ1) is 16.3. The number of rotatable bonds is 3. The number of carboxylic acids is 1. The van der Waals surface area contributed by atoms with Gasteiger partial charge in [-0.25, -0.2) is 10.2 Å². The fourth-order valence-electron chi connectivity index (χ4n) is 2.77. The van der Waals surface area contributed by atoms with Crippen LogP contribution in [-0.2, 0) is 6.42 Å². The van der Waals surface area contributed by atoms with Crippen LogP contribution in [0.4, 0.5) is 0 Å². The Kier molecular flexibility index (Phi) is 4.40. The Balaban J connectivity index is 1.86. The van der Waals surface area contributed by atoms with Crippen molar-refractivity contribution in [2.24, 2.45) is 5.10 Å². The van der Waals surface area contributed by atoms with Gasteiger partial charge in [0.25, 0.3) is 5.91 Å². The summed E-state index contributed by atoms with van der Waals surface area (Å²) in [5.74, 6) is -0.924. The second kappa shape index (κ2) is 6.49. The highest BCUT2D eigenvalue weighted by molar-refractivity contribution is 6.30. The standard InChI is InChI=1S/C17H15ClN2O4/c1-9-14-12(3-2-4-13(14)24-15(9)17(22)23)19-20-16(21)10-5-7-11(18)8-6-10/h5-8H,2-4H2,1H3,(H,20,21)(H,22,23)/b19-12+. The number of hydrazone groups is 1. The zero-order valence-corrected chi connectivity index (χ0v) is 13.7. The van der Waals surface area contributed by atoms with Gasteiger partial charge in [0.1, 0.15) is 5.76 Å². The Hall–Kier alpha value is -2.60. The molecule has 0 spiro atoms. The van der Waals surface area contributed by atoms with Gasteiger partial charge >= 0.3 is 5.97 Å². The molecule has 0 saturated heterocycles. The zero-order chi connectivity index (χ0) is 17.3. The summed E-state index contributed by atoms with van der Waals surface area (Å²) in [6.07, 6.45) is 2.09. The van der Waals surface area contributed by atoms with Crippen molar-refractivity contribution in [3.05, 3.63) is 57.5 Å². The highest BCUT2D eigenvalue weighted by Gasteiger charge is 2.27. The average molecular weight is 347 g/mol. The Morgan fingerprint density at radius 1 is 1.25 bits per heavy atom. The van der Waals surface area contributed by atoms with E-state index < -0.39 is 5.97 Å². The smallest absolute Gasteiger partial charge is 0.372 e. The number of aryl methyl sites for hydroxylation is 1. The van der Waals surface area contributed by atoms with Gasteiger partial charge in [0.15, 0.2) is 0 Å². The fraction of sp³-hybridized carbons (Fsp3) is 0.235. The summed E-state index contributed by atoms with van der Waals surface area (Å²) < 4.78 is 5.43. The van der Waals surface area contributed by atoms with Crippen LogP contribution in [0, 0.1) is 6.92 Å². The lowest BCUT2D eigenvalue weighted by Crippen LogP contribution is -2.22. The molecule has 0 aliphatic heterocycles. The molecule has 1 aromatic heterocycles. The van der Waals surface area contributed by atoms with Crippen LogP contribution in [0.1, 0.15) is 50.6 Å². The van der Waals surface area contributed by atoms with E-state index in [2.05, 4.69) is 10.5 Å². The van der Waals surface area contributed by atoms with Gasteiger partial charge in [0.05, 0.1) is 5.71 Å². The molecule has 1 aliphatic carbocycles. The first-order valence-corrected chi connectivity index (χ1v) is 7.83. The van der Waals surface area contributed by atoms with Gasteiger partial charge in [-0.1, -0.05) is 11.6 Å². The molecule has 0 radical (unpaired) electrons. The fourth-order valence-corrected chi connectivity index (χ4v) is 2.89. The molecule has 124 valence electrons. The quantitative estimate of drug-likeness (QED) is 0.833. The molecule has 2 aromatic rings. The molecule has 1 aliphatic rings. The van der Waals surface area contributed by atoms with Gasteiger partial charge in [0, 0.05) is 28.1 Å². The number of furan rings is 1. The van der Waals surface area contributed by atoms with Gasteiger partial charge < -0.3 is 9.52 Å². The molecular formula is C17H15ClN2O4. The number of hydrogen-bond acceptors (Lipinski definition) is 4. The van der Waals surface area contributed by atoms with Crippen molar-refractivity contribution < 1.29 is 19.1 Å². The lowest BCUT2D eigenvalue weighted by Gasteiger charge is -2.13. The Morgan fingerprint density at radius 2 is 1.96 bits per heavy atom. The minimum atomic E-state index is -1.11. The van der Waals surface area contributed by atoms with Crippen molar-refractivity contribution in [2.45, 2.75) is 26.2 Å². The van der Waals surface area contributed by atoms with E-state index in [-0.39, 0.29) is 11.7 Å². The third kappa shape index (κ3) is 3.05. The molecule has 0 saturated carbocycles. The number of nitrogens with zero attached hydrogens (tertiary/aromatic N) is 1. The minimum Gasteiger partial charge on any atom is -0.475 e. The predicted molar refractivity (Wildman–Crippen MR) is 88.8 cm³/mol. The summed E-state index contributed by atoms with van der Waals surface area (Å²) in [5.41, 5.74) is 4.81. The van der Waals surface area contributed by atoms with Crippen LogP contribution >= 0.6 is 11.6 Å². The maximum atomic E-state index is 12.1. The van der Waals surface area contributed by atoms with E-state index in [4.69, 9.17) is 16.0 Å². The predicted octanol–water partition coefficient (Wildman–Crippen LogP) is 3.41. The summed E-state index contributed by atoms with van der Waals surface area (Å²) >= 11 is 5.80. The molecule has 6 nitrogen and oxygen atoms in total. The van der Waals surface area contributed by atoms with E-state index in [1.54, 1.807) is 31.2 Å². The molecule has 1 amide bonds. The van der Waals surface area contributed by atoms with E-state index in [1.165, 1.54) is 0 Å². The van der Waals surface area contributed by atoms with E-state index in [0.29, 0.717) is 46.0 Å². The molecule has 3 rings (SSSR count). The van der Waals surface area contributed by atoms with Crippen molar-refractivity contribution in [1.29, 1.82) is 0 Å². The molecule has 2 N–H and O–H groups in total. The Bertz CT molecular complexity index is 837. The molecule has 1 aromatic carbocycles. The molecule has 1 heterocycles. The lowest BCUT2D eigenvalue weighted by molar-refractivity contribution is 0.0659. The van der Waals surface area contributed by atoms with Crippen molar-refractivity contribution in [3.63, 3.8) is 0 Å². The second-order valence-electron chi connectivity index (χ2n) is 5.52. The topological polar surface area (TPSA) is 91.9 Å². The molecule has 0 unspecified atom stereocenters. The molecule has 0 fully saturated rings. The number of fused-ring (bicyclic) bond motifs is 1. The summed E-state index contributed by atoms with van der Waals surface area (Å²) in [6.45, 7) is 1.69. The van der Waals surface area contributed by atoms with Crippen LogP contribution in [0.25, 0.3) is 0 Å². The zero-order valence-electron chi connectivity index (χ0n) is 12.9. The third-order valence-electron chi connectivity index (χ3n) is 3.92. The number of amides is 1. The van der Waals surface area contributed by atoms with Crippen LogP contribution in [0.5, 0.6) is 0 Å². The summed E-state index contributed by atoms with van der Waals surface area (Å²) in [4.78, 5) is 23.3. The largest absolute Gasteiger partial charge is 0.475 e. The number of halogens is 1. The normalized spacial score (nSPS) is 15.2. The lowest BCUT2D eigenvalue weighted by atomic mass is 9.93. The first-order valence-electron chi connectivity index (χ1n) is 7.45. The SMILES string of the molecule is Cc1c(C(=O)O)oc2c1/C(=N/NC(=O)c1ccc(Cl)cc1)CCC2. The number of nitrogens with one attached hydrogen (secondary N) is 1. The molecule has 24 heavy (non-hydrogen) atoms. The van der Waals surface area contributed by atoms with Crippen LogP contribution in [0.15, 0.2) is 33.8 Å². The van der Waals surface area contributed by atoms with Crippen molar-refractivity contribution >= 4 is 29.2 Å². The maximum Gasteiger partial charge on any atom is 0.372 e. The number of benzene rings is 1. The molecule has 7 heteroatoms. The van der Waals surface area contributed by atoms with Crippen molar-refractivity contribution in [2.75, 3.05) is 0 Å².